The highest BCUT2D eigenvalue weighted by Gasteiger charge is 2.27. The minimum absolute atomic E-state index is 0.187. The largest absolute Gasteiger partial charge is 0.455 e. The van der Waals surface area contributed by atoms with Crippen LogP contribution in [-0.2, 0) is 4.79 Å². The molecule has 5 rings (SSSR count). The lowest BCUT2D eigenvalue weighted by molar-refractivity contribution is -0.120. The molecule has 0 bridgehead atoms. The van der Waals surface area contributed by atoms with E-state index in [9.17, 15) is 18.8 Å². The summed E-state index contributed by atoms with van der Waals surface area (Å²) in [7, 11) is 1.54. The van der Waals surface area contributed by atoms with E-state index >= 15 is 0 Å². The van der Waals surface area contributed by atoms with E-state index in [1.54, 1.807) is 30.3 Å². The van der Waals surface area contributed by atoms with Gasteiger partial charge in [0.2, 0.25) is 5.91 Å². The van der Waals surface area contributed by atoms with Crippen molar-refractivity contribution in [2.45, 2.75) is 19.4 Å². The Kier molecular flexibility index (Phi) is 6.83. The maximum Gasteiger partial charge on any atom is 0.255 e. The zero-order valence-corrected chi connectivity index (χ0v) is 21.0. The molecule has 8 nitrogen and oxygen atoms in total. The minimum Gasteiger partial charge on any atom is -0.455 e. The second-order valence-electron chi connectivity index (χ2n) is 9.00. The van der Waals surface area contributed by atoms with E-state index in [1.165, 1.54) is 19.2 Å². The van der Waals surface area contributed by atoms with Gasteiger partial charge in [0.05, 0.1) is 5.56 Å². The fourth-order valence-corrected chi connectivity index (χ4v) is 4.67. The first-order chi connectivity index (χ1) is 18.4. The molecule has 1 fully saturated rings. The maximum absolute atomic E-state index is 13.6. The molecule has 1 atom stereocenters. The highest BCUT2D eigenvalue weighted by Crippen LogP contribution is 2.40. The highest BCUT2D eigenvalue weighted by molar-refractivity contribution is 6.13. The summed E-state index contributed by atoms with van der Waals surface area (Å²) in [5.41, 5.74) is 4.08. The molecule has 194 valence electrons. The molecule has 4 aromatic rings. The van der Waals surface area contributed by atoms with Crippen molar-refractivity contribution in [2.75, 3.05) is 25.5 Å². The smallest absolute Gasteiger partial charge is 0.255 e. The van der Waals surface area contributed by atoms with E-state index in [2.05, 4.69) is 21.3 Å². The molecule has 0 radical (unpaired) electrons. The van der Waals surface area contributed by atoms with Crippen molar-refractivity contribution in [3.8, 4) is 22.5 Å². The number of nitrogens with one attached hydrogen (secondary N) is 4. The molecule has 4 N–H and O–H groups in total. The van der Waals surface area contributed by atoms with Gasteiger partial charge >= 0.3 is 0 Å². The van der Waals surface area contributed by atoms with Crippen LogP contribution in [0.2, 0.25) is 0 Å². The van der Waals surface area contributed by atoms with Crippen LogP contribution in [0.4, 0.5) is 10.1 Å². The van der Waals surface area contributed by atoms with Crippen LogP contribution >= 0.6 is 0 Å². The van der Waals surface area contributed by atoms with Gasteiger partial charge in [-0.25, -0.2) is 4.39 Å². The topological polar surface area (TPSA) is 112 Å². The van der Waals surface area contributed by atoms with E-state index in [0.717, 1.165) is 16.8 Å². The fourth-order valence-electron chi connectivity index (χ4n) is 4.67. The van der Waals surface area contributed by atoms with Crippen LogP contribution < -0.4 is 21.3 Å². The first-order valence-electron chi connectivity index (χ1n) is 12.4. The number of hydrogen-bond acceptors (Lipinski definition) is 5. The molecule has 1 aliphatic heterocycles. The van der Waals surface area contributed by atoms with Crippen molar-refractivity contribution >= 4 is 34.4 Å². The molecule has 9 heteroatoms. The number of hydrogen-bond donors (Lipinski definition) is 4. The third-order valence-corrected chi connectivity index (χ3v) is 6.55. The van der Waals surface area contributed by atoms with Gasteiger partial charge in [0.15, 0.2) is 0 Å². The van der Waals surface area contributed by atoms with Crippen LogP contribution in [-0.4, -0.2) is 43.9 Å². The summed E-state index contributed by atoms with van der Waals surface area (Å²) in [5.74, 6) is -0.920. The molecular formula is C29H27FN4O4. The summed E-state index contributed by atoms with van der Waals surface area (Å²) in [4.78, 5) is 37.8. The number of anilines is 1. The van der Waals surface area contributed by atoms with Gasteiger partial charge in [0, 0.05) is 54.0 Å². The van der Waals surface area contributed by atoms with E-state index in [1.807, 2.05) is 25.1 Å². The van der Waals surface area contributed by atoms with Crippen LogP contribution in [0, 0.1) is 5.82 Å². The molecule has 3 amide bonds. The molecule has 1 aliphatic rings. The molecule has 1 aromatic heterocycles. The Morgan fingerprint density at radius 2 is 1.84 bits per heavy atom. The first-order valence-corrected chi connectivity index (χ1v) is 12.4. The van der Waals surface area contributed by atoms with Gasteiger partial charge in [-0.15, -0.1) is 0 Å². The summed E-state index contributed by atoms with van der Waals surface area (Å²) >= 11 is 0. The Morgan fingerprint density at radius 3 is 2.53 bits per heavy atom. The molecule has 1 saturated heterocycles. The fraction of sp³-hybridized carbons (Fsp3) is 0.207. The zero-order valence-electron chi connectivity index (χ0n) is 21.0. The van der Waals surface area contributed by atoms with Crippen LogP contribution in [0.5, 0.6) is 0 Å². The summed E-state index contributed by atoms with van der Waals surface area (Å²) < 4.78 is 19.7. The van der Waals surface area contributed by atoms with Gasteiger partial charge < -0.3 is 25.7 Å². The van der Waals surface area contributed by atoms with E-state index in [-0.39, 0.29) is 23.5 Å². The maximum atomic E-state index is 13.6. The van der Waals surface area contributed by atoms with E-state index in [4.69, 9.17) is 4.42 Å². The lowest BCUT2D eigenvalue weighted by atomic mass is 9.97. The SMILES string of the molecule is CCNc1cc2oc(-c3ccc(F)cc3)c(C(=O)NC)c2cc1-c1cccc(C(=O)NC2CCNC2=O)c1. The zero-order chi connectivity index (χ0) is 26.8. The van der Waals surface area contributed by atoms with Crippen LogP contribution in [0.1, 0.15) is 34.1 Å². The van der Waals surface area contributed by atoms with Gasteiger partial charge in [0.1, 0.15) is 23.2 Å². The lowest BCUT2D eigenvalue weighted by Crippen LogP contribution is -2.40. The molecule has 0 spiro atoms. The van der Waals surface area contributed by atoms with Crippen molar-refractivity contribution in [3.63, 3.8) is 0 Å². The molecular weight excluding hydrogens is 487 g/mol. The quantitative estimate of drug-likeness (QED) is 0.294. The van der Waals surface area contributed by atoms with Crippen molar-refractivity contribution in [2.24, 2.45) is 0 Å². The lowest BCUT2D eigenvalue weighted by Gasteiger charge is -2.14. The van der Waals surface area contributed by atoms with Crippen LogP contribution in [0.15, 0.2) is 65.1 Å². The number of furan rings is 1. The highest BCUT2D eigenvalue weighted by atomic mass is 19.1. The number of carbonyl (C=O) groups excluding carboxylic acids is 3. The molecule has 0 saturated carbocycles. The summed E-state index contributed by atoms with van der Waals surface area (Å²) in [6.07, 6.45) is 0.546. The van der Waals surface area contributed by atoms with E-state index in [0.29, 0.717) is 52.9 Å². The van der Waals surface area contributed by atoms with Crippen LogP contribution in [0.25, 0.3) is 33.4 Å². The third kappa shape index (κ3) is 4.70. The Balaban J connectivity index is 1.62. The minimum atomic E-state index is -0.550. The number of halogens is 1. The number of amides is 3. The predicted molar refractivity (Wildman–Crippen MR) is 143 cm³/mol. The number of rotatable bonds is 7. The second-order valence-corrected chi connectivity index (χ2v) is 9.00. The second kappa shape index (κ2) is 10.4. The number of benzene rings is 3. The van der Waals surface area contributed by atoms with Crippen molar-refractivity contribution < 1.29 is 23.2 Å². The predicted octanol–water partition coefficient (Wildman–Crippen LogP) is 4.32. The number of fused-ring (bicyclic) bond motifs is 1. The third-order valence-electron chi connectivity index (χ3n) is 6.55. The monoisotopic (exact) mass is 514 g/mol. The van der Waals surface area contributed by atoms with Gasteiger partial charge in [-0.1, -0.05) is 12.1 Å². The van der Waals surface area contributed by atoms with Gasteiger partial charge in [-0.3, -0.25) is 14.4 Å². The normalized spacial score (nSPS) is 14.8. The Morgan fingerprint density at radius 1 is 1.05 bits per heavy atom. The summed E-state index contributed by atoms with van der Waals surface area (Å²) in [6.45, 7) is 3.13. The summed E-state index contributed by atoms with van der Waals surface area (Å²) in [6, 6.07) is 16.0. The average molecular weight is 515 g/mol. The average Bonchev–Trinajstić information content (AvgIpc) is 3.51. The molecule has 0 aliphatic carbocycles. The molecule has 38 heavy (non-hydrogen) atoms. The van der Waals surface area contributed by atoms with E-state index < -0.39 is 6.04 Å². The molecule has 3 aromatic carbocycles. The van der Waals surface area contributed by atoms with Gasteiger partial charge in [0.25, 0.3) is 11.8 Å². The Bertz CT molecular complexity index is 1540. The number of carbonyl (C=O) groups is 3. The Labute approximate surface area is 218 Å². The summed E-state index contributed by atoms with van der Waals surface area (Å²) in [5, 5.41) is 12.1. The first kappa shape index (κ1) is 25.0. The van der Waals surface area contributed by atoms with Gasteiger partial charge in [-0.2, -0.15) is 0 Å². The van der Waals surface area contributed by atoms with Crippen LogP contribution in [0.3, 0.4) is 0 Å². The van der Waals surface area contributed by atoms with Crippen molar-refractivity contribution in [3.05, 3.63) is 77.6 Å². The Hall–Kier alpha value is -4.66. The van der Waals surface area contributed by atoms with Crippen molar-refractivity contribution in [1.82, 2.24) is 16.0 Å². The molecule has 1 unspecified atom stereocenters. The standard InChI is InChI=1S/C29H27FN4O4/c1-3-32-23-15-24-21(25(29(37)31-2)26(38-24)16-7-9-19(30)10-8-16)14-20(23)17-5-4-6-18(13-17)27(35)34-22-11-12-33-28(22)36/h4-10,13-15,22,32H,3,11-12H2,1-2H3,(H,31,37)(H,33,36)(H,34,35). The van der Waals surface area contributed by atoms with Crippen molar-refractivity contribution in [1.29, 1.82) is 0 Å². The van der Waals surface area contributed by atoms with Gasteiger partial charge in [-0.05, 0) is 61.4 Å². The molecule has 2 heterocycles.